The van der Waals surface area contributed by atoms with E-state index in [9.17, 15) is 4.79 Å². The van der Waals surface area contributed by atoms with Crippen molar-refractivity contribution < 1.29 is 4.79 Å². The number of hydrogen-bond acceptors (Lipinski definition) is 2. The van der Waals surface area contributed by atoms with Crippen molar-refractivity contribution in [2.24, 2.45) is 5.41 Å². The first-order chi connectivity index (χ1) is 7.07. The lowest BCUT2D eigenvalue weighted by Crippen LogP contribution is -2.55. The number of carbonyl (C=O) groups excluding carboxylic acids is 1. The first-order valence-electron chi connectivity index (χ1n) is 6.11. The van der Waals surface area contributed by atoms with Gasteiger partial charge in [0.05, 0.1) is 6.04 Å². The van der Waals surface area contributed by atoms with E-state index < -0.39 is 0 Å². The molecule has 1 aliphatic heterocycles. The fraction of sp³-hybridized carbons (Fsp3) is 0.917. The zero-order chi connectivity index (χ0) is 10.9. The quantitative estimate of drug-likeness (QED) is 0.724. The number of hydrogen-bond donors (Lipinski definition) is 2. The van der Waals surface area contributed by atoms with E-state index in [0.29, 0.717) is 11.5 Å². The molecule has 0 aromatic rings. The van der Waals surface area contributed by atoms with Crippen LogP contribution in [0.4, 0.5) is 0 Å². The van der Waals surface area contributed by atoms with Gasteiger partial charge in [0.2, 0.25) is 5.91 Å². The van der Waals surface area contributed by atoms with Crippen molar-refractivity contribution >= 4 is 5.91 Å². The molecule has 3 nitrogen and oxygen atoms in total. The van der Waals surface area contributed by atoms with E-state index in [0.717, 1.165) is 25.8 Å². The van der Waals surface area contributed by atoms with Gasteiger partial charge in [-0.3, -0.25) is 4.79 Å². The molecule has 0 bridgehead atoms. The van der Waals surface area contributed by atoms with Gasteiger partial charge in [0.25, 0.3) is 0 Å². The van der Waals surface area contributed by atoms with Crippen LogP contribution < -0.4 is 10.6 Å². The molecule has 1 amide bonds. The van der Waals surface area contributed by atoms with Gasteiger partial charge in [-0.2, -0.15) is 0 Å². The normalized spacial score (nSPS) is 30.7. The van der Waals surface area contributed by atoms with E-state index in [1.165, 1.54) is 12.8 Å². The van der Waals surface area contributed by atoms with Crippen LogP contribution >= 0.6 is 0 Å². The van der Waals surface area contributed by atoms with Crippen LogP contribution in [0.1, 0.15) is 46.0 Å². The Morgan fingerprint density at radius 1 is 1.27 bits per heavy atom. The Bertz CT molecular complexity index is 236. The number of rotatable bonds is 2. The third-order valence-corrected chi connectivity index (χ3v) is 3.83. The van der Waals surface area contributed by atoms with E-state index in [-0.39, 0.29) is 11.9 Å². The molecule has 1 atom stereocenters. The highest BCUT2D eigenvalue weighted by Gasteiger charge is 2.30. The minimum Gasteiger partial charge on any atom is -0.352 e. The van der Waals surface area contributed by atoms with Gasteiger partial charge in [0, 0.05) is 6.04 Å². The maximum atomic E-state index is 11.7. The van der Waals surface area contributed by atoms with Crippen molar-refractivity contribution in [3.05, 3.63) is 0 Å². The molecule has 1 aliphatic carbocycles. The molecule has 1 saturated carbocycles. The summed E-state index contributed by atoms with van der Waals surface area (Å²) < 4.78 is 0. The molecule has 1 heterocycles. The lowest BCUT2D eigenvalue weighted by Gasteiger charge is -2.36. The van der Waals surface area contributed by atoms with Crippen LogP contribution in [0.3, 0.4) is 0 Å². The second-order valence-corrected chi connectivity index (χ2v) is 5.74. The molecule has 2 rings (SSSR count). The fourth-order valence-electron chi connectivity index (χ4n) is 2.36. The van der Waals surface area contributed by atoms with Crippen molar-refractivity contribution in [2.45, 2.75) is 58.0 Å². The zero-order valence-electron chi connectivity index (χ0n) is 9.81. The highest BCUT2D eigenvalue weighted by molar-refractivity contribution is 5.82. The van der Waals surface area contributed by atoms with Crippen LogP contribution in [0.2, 0.25) is 0 Å². The van der Waals surface area contributed by atoms with Gasteiger partial charge in [-0.05, 0) is 44.1 Å². The Balaban J connectivity index is 1.74. The molecule has 2 N–H and O–H groups in total. The summed E-state index contributed by atoms with van der Waals surface area (Å²) in [5.74, 6) is 0.214. The highest BCUT2D eigenvalue weighted by atomic mass is 16.2. The molecular formula is C12H22N2O. The van der Waals surface area contributed by atoms with Crippen molar-refractivity contribution in [3.63, 3.8) is 0 Å². The maximum absolute atomic E-state index is 11.7. The molecular weight excluding hydrogens is 188 g/mol. The van der Waals surface area contributed by atoms with Gasteiger partial charge in [-0.1, -0.05) is 13.8 Å². The average Bonchev–Trinajstić information content (AvgIpc) is 2.05. The summed E-state index contributed by atoms with van der Waals surface area (Å²) in [6.07, 6.45) is 5.76. The second kappa shape index (κ2) is 4.12. The van der Waals surface area contributed by atoms with Gasteiger partial charge < -0.3 is 10.6 Å². The summed E-state index contributed by atoms with van der Waals surface area (Å²) in [5, 5.41) is 6.30. The van der Waals surface area contributed by atoms with Crippen LogP contribution in [0.25, 0.3) is 0 Å². The number of carbonyl (C=O) groups is 1. The molecule has 0 aromatic carbocycles. The van der Waals surface area contributed by atoms with Crippen molar-refractivity contribution in [3.8, 4) is 0 Å². The Hall–Kier alpha value is -0.570. The average molecular weight is 210 g/mol. The second-order valence-electron chi connectivity index (χ2n) is 5.74. The summed E-state index contributed by atoms with van der Waals surface area (Å²) in [6.45, 7) is 5.63. The van der Waals surface area contributed by atoms with E-state index in [1.54, 1.807) is 0 Å². The van der Waals surface area contributed by atoms with Crippen LogP contribution in [0.15, 0.2) is 0 Å². The Kier molecular flexibility index (Phi) is 3.01. The molecule has 2 fully saturated rings. The predicted molar refractivity (Wildman–Crippen MR) is 60.6 cm³/mol. The third kappa shape index (κ3) is 2.71. The van der Waals surface area contributed by atoms with E-state index in [1.807, 2.05) is 0 Å². The molecule has 15 heavy (non-hydrogen) atoms. The molecule has 1 saturated heterocycles. The first-order valence-corrected chi connectivity index (χ1v) is 6.11. The zero-order valence-corrected chi connectivity index (χ0v) is 9.81. The largest absolute Gasteiger partial charge is 0.352 e. The summed E-state index contributed by atoms with van der Waals surface area (Å²) in [6, 6.07) is 0.521. The first kappa shape index (κ1) is 10.9. The van der Waals surface area contributed by atoms with E-state index >= 15 is 0 Å². The lowest BCUT2D eigenvalue weighted by atomic mass is 9.75. The van der Waals surface area contributed by atoms with E-state index in [2.05, 4.69) is 24.5 Å². The minimum absolute atomic E-state index is 0.0972. The Morgan fingerprint density at radius 2 is 1.87 bits per heavy atom. The van der Waals surface area contributed by atoms with Crippen LogP contribution in [0, 0.1) is 5.41 Å². The summed E-state index contributed by atoms with van der Waals surface area (Å²) in [4.78, 5) is 11.7. The molecule has 86 valence electrons. The summed E-state index contributed by atoms with van der Waals surface area (Å²) in [5.41, 5.74) is 0.482. The Morgan fingerprint density at radius 3 is 2.33 bits per heavy atom. The summed E-state index contributed by atoms with van der Waals surface area (Å²) >= 11 is 0. The van der Waals surface area contributed by atoms with Crippen LogP contribution in [-0.2, 0) is 4.79 Å². The third-order valence-electron chi connectivity index (χ3n) is 3.83. The predicted octanol–water partition coefficient (Wildman–Crippen LogP) is 1.43. The van der Waals surface area contributed by atoms with E-state index in [4.69, 9.17) is 0 Å². The molecule has 0 unspecified atom stereocenters. The molecule has 0 aromatic heterocycles. The van der Waals surface area contributed by atoms with Gasteiger partial charge >= 0.3 is 0 Å². The van der Waals surface area contributed by atoms with Gasteiger partial charge in [-0.25, -0.2) is 0 Å². The molecule has 0 spiro atoms. The fourth-order valence-corrected chi connectivity index (χ4v) is 2.36. The molecule has 3 heteroatoms. The smallest absolute Gasteiger partial charge is 0.237 e. The monoisotopic (exact) mass is 210 g/mol. The SMILES string of the molecule is CC1(C)CCC(NC(=O)[C@H]2CCN2)CC1. The highest BCUT2D eigenvalue weighted by Crippen LogP contribution is 2.34. The van der Waals surface area contributed by atoms with Crippen molar-refractivity contribution in [1.82, 2.24) is 10.6 Å². The standard InChI is InChI=1S/C12H22N2O/c1-12(2)6-3-9(4-7-12)14-11(15)10-5-8-13-10/h9-10,13H,3-8H2,1-2H3,(H,14,15)/t10-/m1/s1. The lowest BCUT2D eigenvalue weighted by molar-refractivity contribution is -0.125. The van der Waals surface area contributed by atoms with Crippen LogP contribution in [-0.4, -0.2) is 24.5 Å². The van der Waals surface area contributed by atoms with Crippen molar-refractivity contribution in [2.75, 3.05) is 6.54 Å². The summed E-state index contributed by atoms with van der Waals surface area (Å²) in [7, 11) is 0. The van der Waals surface area contributed by atoms with Crippen molar-refractivity contribution in [1.29, 1.82) is 0 Å². The maximum Gasteiger partial charge on any atom is 0.237 e. The molecule has 0 radical (unpaired) electrons. The van der Waals surface area contributed by atoms with Crippen LogP contribution in [0.5, 0.6) is 0 Å². The van der Waals surface area contributed by atoms with Gasteiger partial charge in [-0.15, -0.1) is 0 Å². The Labute approximate surface area is 92.0 Å². The minimum atomic E-state index is 0.0972. The topological polar surface area (TPSA) is 41.1 Å². The van der Waals surface area contributed by atoms with Gasteiger partial charge in [0.1, 0.15) is 0 Å². The van der Waals surface area contributed by atoms with Gasteiger partial charge in [0.15, 0.2) is 0 Å². The number of nitrogens with one attached hydrogen (secondary N) is 2. The molecule has 2 aliphatic rings. The number of amides is 1.